The lowest BCUT2D eigenvalue weighted by atomic mass is 9.99. The summed E-state index contributed by atoms with van der Waals surface area (Å²) in [7, 11) is 0. The number of thioether (sulfide) groups is 1. The van der Waals surface area contributed by atoms with Crippen molar-refractivity contribution in [3.63, 3.8) is 0 Å². The van der Waals surface area contributed by atoms with Crippen LogP contribution in [0.1, 0.15) is 102 Å². The summed E-state index contributed by atoms with van der Waals surface area (Å²) in [6.07, 6.45) is -1.70. The number of hydrogen-bond acceptors (Lipinski definition) is 14. The molecule has 14 N–H and O–H groups in total. The van der Waals surface area contributed by atoms with Crippen LogP contribution >= 0.6 is 11.8 Å². The van der Waals surface area contributed by atoms with E-state index in [9.17, 15) is 72.9 Å². The molecule has 0 aromatic heterocycles. The van der Waals surface area contributed by atoms with E-state index in [1.165, 1.54) is 24.3 Å². The molecule has 0 saturated heterocycles. The van der Waals surface area contributed by atoms with E-state index in [0.717, 1.165) is 11.8 Å². The number of unbranched alkanes of at least 4 members (excludes halogenated alkanes) is 1. The molecule has 0 aliphatic carbocycles. The van der Waals surface area contributed by atoms with Crippen LogP contribution in [0.2, 0.25) is 0 Å². The minimum absolute atomic E-state index is 0.00692. The Morgan fingerprint density at radius 1 is 0.530 bits per heavy atom. The van der Waals surface area contributed by atoms with E-state index in [4.69, 9.17) is 5.73 Å². The van der Waals surface area contributed by atoms with Crippen molar-refractivity contribution in [1.82, 2.24) is 47.9 Å². The van der Waals surface area contributed by atoms with Gasteiger partial charge in [-0.05, 0) is 91.8 Å². The Balaban J connectivity index is 1.91. The maximum Gasteiger partial charge on any atom is 0.317 e. The second kappa shape index (κ2) is 35.3. The summed E-state index contributed by atoms with van der Waals surface area (Å²) in [5, 5.41) is 51.3. The third kappa shape index (κ3) is 25.8. The number of rotatable bonds is 36. The van der Waals surface area contributed by atoms with Gasteiger partial charge in [0.1, 0.15) is 47.3 Å². The molecule has 0 saturated carbocycles. The van der Waals surface area contributed by atoms with Crippen LogP contribution in [0.15, 0.2) is 89.8 Å². The maximum atomic E-state index is 14.5. The summed E-state index contributed by atoms with van der Waals surface area (Å²) >= 11 is 1.00. The fraction of sp³-hybridized carbons (Fsp3) is 0.474. The molecular weight excluding hydrogens is 1100 g/mol. The standard InChI is InChI=1S/C57H78N10O15S/c1-32(2)27-41(65-56(80)49(34(5)6)67-46(71)30-60-51(75)36-15-9-7-10-16-36)55(79)62-39(19-13-14-26-59-44(69)29-43(57(81)82)83-38-17-11-8-12-18-38)53(77)63-40(24-25-47(72)73)54(78)64-42(28-35-20-22-37(68)23-21-35)52(76)61-31-45(70)66-48(33(3)4)50(58)74/h7-12,15-18,20-23,32-34,39-43,48-49,68H,13-14,19,24-31H2,1-6H3,(H2,58,74)(H,59,69)(H,60,75)(H,61,76)(H,62,79)(H,63,77)(H,64,78)(H,65,80)(H,66,70)(H,67,71)(H,72,73)(H,81,82)/t39-,40-,41-,42-,43+,48-,49-/m0/s1. The minimum atomic E-state index is -1.69. The fourth-order valence-electron chi connectivity index (χ4n) is 8.14. The summed E-state index contributed by atoms with van der Waals surface area (Å²) in [6, 6.07) is 14.0. The van der Waals surface area contributed by atoms with E-state index in [1.807, 2.05) is 0 Å². The van der Waals surface area contributed by atoms with Crippen LogP contribution in [0.5, 0.6) is 5.75 Å². The highest BCUT2D eigenvalue weighted by Crippen LogP contribution is 2.25. The van der Waals surface area contributed by atoms with Crippen molar-refractivity contribution < 1.29 is 72.9 Å². The Hall–Kier alpha value is -8.55. The third-order valence-corrected chi connectivity index (χ3v) is 13.8. The summed E-state index contributed by atoms with van der Waals surface area (Å²) in [5.41, 5.74) is 6.14. The predicted molar refractivity (Wildman–Crippen MR) is 306 cm³/mol. The number of phenols is 1. The molecule has 83 heavy (non-hydrogen) atoms. The lowest BCUT2D eigenvalue weighted by Crippen LogP contribution is -2.60. The van der Waals surface area contributed by atoms with E-state index in [0.29, 0.717) is 16.0 Å². The van der Waals surface area contributed by atoms with Crippen molar-refractivity contribution in [1.29, 1.82) is 0 Å². The van der Waals surface area contributed by atoms with Crippen LogP contribution in [0.3, 0.4) is 0 Å². The topological polar surface area (TPSA) is 400 Å². The zero-order chi connectivity index (χ0) is 61.8. The Labute approximate surface area is 486 Å². The largest absolute Gasteiger partial charge is 0.508 e. The van der Waals surface area contributed by atoms with Gasteiger partial charge in [-0.15, -0.1) is 11.8 Å². The molecule has 10 amide bonds. The molecule has 0 aliphatic rings. The molecule has 26 heteroatoms. The highest BCUT2D eigenvalue weighted by Gasteiger charge is 2.34. The summed E-state index contributed by atoms with van der Waals surface area (Å²) in [5.74, 6) is -11.9. The maximum absolute atomic E-state index is 14.5. The summed E-state index contributed by atoms with van der Waals surface area (Å²) < 4.78 is 0. The second-order valence-corrected chi connectivity index (χ2v) is 22.0. The van der Waals surface area contributed by atoms with Gasteiger partial charge in [-0.2, -0.15) is 0 Å². The quantitative estimate of drug-likeness (QED) is 0.0286. The van der Waals surface area contributed by atoms with Crippen molar-refractivity contribution in [2.45, 2.75) is 139 Å². The normalized spacial score (nSPS) is 13.6. The van der Waals surface area contributed by atoms with E-state index in [1.54, 1.807) is 102 Å². The van der Waals surface area contributed by atoms with E-state index in [-0.39, 0.29) is 56.7 Å². The van der Waals surface area contributed by atoms with Crippen molar-refractivity contribution >= 4 is 82.8 Å². The Kier molecular flexibility index (Phi) is 29.3. The Morgan fingerprint density at radius 2 is 1.05 bits per heavy atom. The Bertz CT molecular complexity index is 2700. The van der Waals surface area contributed by atoms with Gasteiger partial charge in [0.15, 0.2) is 0 Å². The lowest BCUT2D eigenvalue weighted by Gasteiger charge is -2.28. The molecule has 0 aliphatic heterocycles. The molecule has 0 bridgehead atoms. The van der Waals surface area contributed by atoms with Crippen molar-refractivity contribution in [2.24, 2.45) is 23.5 Å². The highest BCUT2D eigenvalue weighted by atomic mass is 32.2. The van der Waals surface area contributed by atoms with E-state index in [2.05, 4.69) is 47.9 Å². The summed E-state index contributed by atoms with van der Waals surface area (Å²) in [6.45, 7) is 8.97. The number of nitrogens with two attached hydrogens (primary N) is 1. The van der Waals surface area contributed by atoms with Gasteiger partial charge in [0, 0.05) is 36.3 Å². The number of carbonyl (C=O) groups is 12. The molecule has 7 atom stereocenters. The van der Waals surface area contributed by atoms with Gasteiger partial charge in [-0.25, -0.2) is 0 Å². The number of aromatic hydroxyl groups is 1. The monoisotopic (exact) mass is 1170 g/mol. The average Bonchev–Trinajstić information content (AvgIpc) is 3.57. The van der Waals surface area contributed by atoms with Gasteiger partial charge in [0.2, 0.25) is 53.2 Å². The summed E-state index contributed by atoms with van der Waals surface area (Å²) in [4.78, 5) is 159. The van der Waals surface area contributed by atoms with Crippen LogP contribution in [-0.2, 0) is 59.2 Å². The van der Waals surface area contributed by atoms with Gasteiger partial charge in [-0.1, -0.05) is 90.1 Å². The smallest absolute Gasteiger partial charge is 0.317 e. The molecule has 0 unspecified atom stereocenters. The van der Waals surface area contributed by atoms with Crippen LogP contribution in [0.25, 0.3) is 0 Å². The van der Waals surface area contributed by atoms with Crippen LogP contribution < -0.4 is 53.6 Å². The zero-order valence-corrected chi connectivity index (χ0v) is 48.2. The number of carboxylic acids is 2. The number of hydrogen-bond donors (Lipinski definition) is 13. The average molecular weight is 1180 g/mol. The molecule has 0 spiro atoms. The number of amides is 10. The molecule has 0 fully saturated rings. The highest BCUT2D eigenvalue weighted by molar-refractivity contribution is 8.00. The SMILES string of the molecule is CC(C)C[C@H](NC(=O)[C@@H](NC(=O)CNC(=O)c1ccccc1)C(C)C)C(=O)N[C@@H](CCCCNC(=O)C[C@@H](Sc1ccccc1)C(=O)O)C(=O)N[C@@H](CCC(=O)O)C(=O)N[C@@H](Cc1ccc(O)cc1)C(=O)NCC(=O)N[C@H](C(N)=O)C(C)C. The first kappa shape index (κ1) is 68.7. The van der Waals surface area contributed by atoms with Crippen LogP contribution in [0.4, 0.5) is 0 Å². The number of benzene rings is 3. The molecule has 3 rings (SSSR count). The predicted octanol–water partition coefficient (Wildman–Crippen LogP) is 1.02. The third-order valence-electron chi connectivity index (χ3n) is 12.6. The van der Waals surface area contributed by atoms with Gasteiger partial charge < -0.3 is 68.9 Å². The van der Waals surface area contributed by atoms with Gasteiger partial charge in [0.05, 0.1) is 13.1 Å². The molecular formula is C57H78N10O15S. The van der Waals surface area contributed by atoms with Gasteiger partial charge in [0.25, 0.3) is 5.91 Å². The number of phenolic OH excluding ortho intramolecular Hbond substituents is 1. The molecule has 3 aromatic carbocycles. The molecule has 3 aromatic rings. The zero-order valence-electron chi connectivity index (χ0n) is 47.4. The number of aliphatic carboxylic acids is 2. The van der Waals surface area contributed by atoms with Crippen molar-refractivity contribution in [3.8, 4) is 5.75 Å². The first-order chi connectivity index (χ1) is 39.2. The molecule has 0 heterocycles. The first-order valence-electron chi connectivity index (χ1n) is 27.2. The molecule has 0 radical (unpaired) electrons. The van der Waals surface area contributed by atoms with Crippen molar-refractivity contribution in [2.75, 3.05) is 19.6 Å². The number of nitrogens with one attached hydrogen (secondary N) is 9. The number of carboxylic acid groups (broad SMARTS) is 2. The first-order valence-corrected chi connectivity index (χ1v) is 28.0. The second-order valence-electron chi connectivity index (χ2n) is 20.7. The number of primary amides is 1. The van der Waals surface area contributed by atoms with E-state index < -0.39 is 150 Å². The minimum Gasteiger partial charge on any atom is -0.508 e. The van der Waals surface area contributed by atoms with E-state index >= 15 is 0 Å². The lowest BCUT2D eigenvalue weighted by molar-refractivity contribution is -0.139. The van der Waals surface area contributed by atoms with Gasteiger partial charge in [-0.3, -0.25) is 57.5 Å². The van der Waals surface area contributed by atoms with Crippen LogP contribution in [0, 0.1) is 17.8 Å². The number of carbonyl (C=O) groups excluding carboxylic acids is 10. The fourth-order valence-corrected chi connectivity index (χ4v) is 9.12. The molecule has 452 valence electrons. The van der Waals surface area contributed by atoms with Crippen molar-refractivity contribution in [3.05, 3.63) is 96.1 Å². The Morgan fingerprint density at radius 3 is 1.59 bits per heavy atom. The van der Waals surface area contributed by atoms with Gasteiger partial charge >= 0.3 is 11.9 Å². The van der Waals surface area contributed by atoms with Crippen LogP contribution in [-0.4, -0.2) is 147 Å². The molecule has 25 nitrogen and oxygen atoms in total.